The van der Waals surface area contributed by atoms with Gasteiger partial charge in [0.25, 0.3) is 0 Å². The summed E-state index contributed by atoms with van der Waals surface area (Å²) in [6.45, 7) is 0. The summed E-state index contributed by atoms with van der Waals surface area (Å²) in [5.74, 6) is 0.249. The highest BCUT2D eigenvalue weighted by molar-refractivity contribution is 6.31. The topological polar surface area (TPSA) is 150 Å². The molecule has 0 saturated heterocycles. The van der Waals surface area contributed by atoms with Crippen LogP contribution in [0.15, 0.2) is 97.3 Å². The van der Waals surface area contributed by atoms with Gasteiger partial charge in [0.1, 0.15) is 0 Å². The highest BCUT2D eigenvalue weighted by atomic mass is 35.5. The van der Waals surface area contributed by atoms with Crippen LogP contribution in [0.2, 0.25) is 5.15 Å². The number of rotatable bonds is 4. The van der Waals surface area contributed by atoms with Crippen LogP contribution in [0, 0.1) is 20.2 Å². The number of para-hydroxylation sites is 2. The molecule has 0 spiro atoms. The van der Waals surface area contributed by atoms with Crippen LogP contribution in [0.25, 0.3) is 0 Å². The van der Waals surface area contributed by atoms with Crippen LogP contribution < -0.4 is 11.1 Å². The highest BCUT2D eigenvalue weighted by Gasteiger charge is 2.13. The lowest BCUT2D eigenvalue weighted by atomic mass is 10.3. The summed E-state index contributed by atoms with van der Waals surface area (Å²) in [6.07, 6.45) is 2.91. The summed E-state index contributed by atoms with van der Waals surface area (Å²) in [7, 11) is 0. The summed E-state index contributed by atoms with van der Waals surface area (Å²) in [6, 6.07) is 24.4. The van der Waals surface area contributed by atoms with Gasteiger partial charge in [0.2, 0.25) is 11.0 Å². The van der Waals surface area contributed by atoms with Gasteiger partial charge in [-0.05, 0) is 36.4 Å². The molecule has 10 nitrogen and oxygen atoms in total. The van der Waals surface area contributed by atoms with Gasteiger partial charge in [-0.15, -0.1) is 0 Å². The van der Waals surface area contributed by atoms with E-state index in [9.17, 15) is 20.2 Å². The molecule has 4 rings (SSSR count). The number of hydrogen-bond acceptors (Lipinski definition) is 8. The number of benzene rings is 2. The lowest BCUT2D eigenvalue weighted by Gasteiger charge is -2.04. The van der Waals surface area contributed by atoms with Gasteiger partial charge in [-0.25, -0.2) is 9.97 Å². The summed E-state index contributed by atoms with van der Waals surface area (Å²) in [5.41, 5.74) is 6.75. The van der Waals surface area contributed by atoms with E-state index in [4.69, 9.17) is 17.3 Å². The molecule has 11 heteroatoms. The Morgan fingerprint density at radius 1 is 0.735 bits per heavy atom. The third-order valence-electron chi connectivity index (χ3n) is 3.76. The maximum atomic E-state index is 10.7. The molecule has 4 aromatic rings. The van der Waals surface area contributed by atoms with Crippen LogP contribution in [-0.2, 0) is 0 Å². The number of nitrogens with one attached hydrogen (secondary N) is 1. The van der Waals surface area contributed by atoms with Gasteiger partial charge < -0.3 is 11.1 Å². The molecule has 0 aliphatic heterocycles. The van der Waals surface area contributed by atoms with Gasteiger partial charge in [0, 0.05) is 35.9 Å². The van der Waals surface area contributed by atoms with E-state index in [0.29, 0.717) is 0 Å². The van der Waals surface area contributed by atoms with Gasteiger partial charge >= 0.3 is 11.4 Å². The summed E-state index contributed by atoms with van der Waals surface area (Å²) in [5, 5.41) is 23.7. The molecule has 0 fully saturated rings. The third-order valence-corrected chi connectivity index (χ3v) is 4.05. The molecule has 2 heterocycles. The second kappa shape index (κ2) is 14.5. The highest BCUT2D eigenvalue weighted by Crippen LogP contribution is 2.24. The molecule has 0 atom stereocenters. The molecule has 2 aromatic carbocycles. The Morgan fingerprint density at radius 2 is 1.24 bits per heavy atom. The number of halogens is 1. The van der Waals surface area contributed by atoms with E-state index in [1.807, 2.05) is 60.7 Å². The Kier molecular flexibility index (Phi) is 11.7. The van der Waals surface area contributed by atoms with Crippen molar-refractivity contribution < 1.29 is 9.85 Å². The largest absolute Gasteiger partial charge is 0.399 e. The molecule has 0 unspecified atom stereocenters. The average molecular weight is 483 g/mol. The fourth-order valence-electron chi connectivity index (χ4n) is 2.27. The van der Waals surface area contributed by atoms with Gasteiger partial charge in [0.05, 0.1) is 9.85 Å². The normalized spacial score (nSPS) is 9.09. The van der Waals surface area contributed by atoms with Gasteiger partial charge in [-0.2, -0.15) is 0 Å². The number of aromatic nitrogens is 2. The first-order chi connectivity index (χ1) is 15.9. The number of nitrogens with two attached hydrogens (primary N) is 1. The van der Waals surface area contributed by atoms with Gasteiger partial charge in [-0.1, -0.05) is 55.4 Å². The van der Waals surface area contributed by atoms with Gasteiger partial charge in [-0.3, -0.25) is 20.2 Å². The smallest absolute Gasteiger partial charge is 0.311 e. The van der Waals surface area contributed by atoms with Crippen LogP contribution in [0.5, 0.6) is 0 Å². The molecular formula is C23H23ClN6O4. The standard InChI is InChI=1S/C11H9N3O2.C6H7N.C5H3ClN2O2.CH4/c15-14(16)10-7-4-8-12-11(10)13-9-5-2-1-3-6-9;7-6-4-2-1-3-5-6;6-5-4(8(9)10)2-1-3-7-5;/h1-8H,(H,12,13);1-5H,7H2;1-3H;1H4. The maximum absolute atomic E-state index is 10.7. The second-order valence-corrected chi connectivity index (χ2v) is 6.46. The zero-order chi connectivity index (χ0) is 24.1. The van der Waals surface area contributed by atoms with Crippen molar-refractivity contribution in [1.29, 1.82) is 0 Å². The molecule has 0 radical (unpaired) electrons. The molecular weight excluding hydrogens is 460 g/mol. The lowest BCUT2D eigenvalue weighted by Crippen LogP contribution is -1.98. The van der Waals surface area contributed by atoms with E-state index >= 15 is 0 Å². The Hall–Kier alpha value is -4.57. The molecule has 0 amide bonds. The monoisotopic (exact) mass is 482 g/mol. The molecule has 0 saturated carbocycles. The van der Waals surface area contributed by atoms with Crippen LogP contribution in [-0.4, -0.2) is 19.8 Å². The lowest BCUT2D eigenvalue weighted by molar-refractivity contribution is -0.385. The van der Waals surface area contributed by atoms with Crippen LogP contribution in [0.4, 0.5) is 28.6 Å². The number of pyridine rings is 2. The quantitative estimate of drug-likeness (QED) is 0.149. The van der Waals surface area contributed by atoms with Crippen molar-refractivity contribution in [2.45, 2.75) is 7.43 Å². The van der Waals surface area contributed by atoms with Crippen molar-refractivity contribution in [2.24, 2.45) is 0 Å². The van der Waals surface area contributed by atoms with Crippen molar-refractivity contribution in [3.63, 3.8) is 0 Å². The van der Waals surface area contributed by atoms with Gasteiger partial charge in [0.15, 0.2) is 0 Å². The number of nitrogens with zero attached hydrogens (tertiary/aromatic N) is 4. The first-order valence-electron chi connectivity index (χ1n) is 9.35. The van der Waals surface area contributed by atoms with Crippen molar-refractivity contribution >= 4 is 40.2 Å². The molecule has 0 aliphatic rings. The predicted octanol–water partition coefficient (Wildman–Crippen LogP) is 6.28. The zero-order valence-corrected chi connectivity index (χ0v) is 17.9. The minimum Gasteiger partial charge on any atom is -0.399 e. The van der Waals surface area contributed by atoms with Crippen LogP contribution >= 0.6 is 11.6 Å². The molecule has 3 N–H and O–H groups in total. The molecule has 0 bridgehead atoms. The van der Waals surface area contributed by atoms with E-state index in [1.54, 1.807) is 0 Å². The summed E-state index contributed by atoms with van der Waals surface area (Å²) in [4.78, 5) is 27.3. The van der Waals surface area contributed by atoms with E-state index in [0.717, 1.165) is 11.4 Å². The molecule has 0 aliphatic carbocycles. The average Bonchev–Trinajstić information content (AvgIpc) is 2.81. The number of nitrogen functional groups attached to an aromatic ring is 1. The fraction of sp³-hybridized carbons (Fsp3) is 0.0435. The summed E-state index contributed by atoms with van der Waals surface area (Å²) >= 11 is 5.37. The Bertz CT molecular complexity index is 1180. The Morgan fingerprint density at radius 3 is 1.68 bits per heavy atom. The summed E-state index contributed by atoms with van der Waals surface area (Å²) < 4.78 is 0. The minimum absolute atomic E-state index is 0. The van der Waals surface area contributed by atoms with Crippen LogP contribution in [0.1, 0.15) is 7.43 Å². The molecule has 2 aromatic heterocycles. The molecule has 34 heavy (non-hydrogen) atoms. The first-order valence-corrected chi connectivity index (χ1v) is 9.73. The van der Waals surface area contributed by atoms with E-state index in [1.165, 1.54) is 36.7 Å². The molecule has 176 valence electrons. The Balaban J connectivity index is 0.000000275. The minimum atomic E-state index is -0.574. The number of hydrogen-bond donors (Lipinski definition) is 2. The van der Waals surface area contributed by atoms with Crippen molar-refractivity contribution in [3.8, 4) is 0 Å². The van der Waals surface area contributed by atoms with E-state index in [-0.39, 0.29) is 29.8 Å². The van der Waals surface area contributed by atoms with Crippen molar-refractivity contribution in [2.75, 3.05) is 11.1 Å². The van der Waals surface area contributed by atoms with E-state index in [2.05, 4.69) is 15.3 Å². The van der Waals surface area contributed by atoms with Crippen molar-refractivity contribution in [3.05, 3.63) is 123 Å². The van der Waals surface area contributed by atoms with Crippen LogP contribution in [0.3, 0.4) is 0 Å². The maximum Gasteiger partial charge on any atom is 0.311 e. The number of nitro groups is 2. The zero-order valence-electron chi connectivity index (χ0n) is 17.1. The number of anilines is 3. The first kappa shape index (κ1) is 27.5. The third kappa shape index (κ3) is 9.28. The fourth-order valence-corrected chi connectivity index (χ4v) is 2.45. The predicted molar refractivity (Wildman–Crippen MR) is 134 cm³/mol. The van der Waals surface area contributed by atoms with Crippen molar-refractivity contribution in [1.82, 2.24) is 9.97 Å². The second-order valence-electron chi connectivity index (χ2n) is 6.10. The SMILES string of the molecule is C.Nc1ccccc1.O=[N+]([O-])c1cccnc1Cl.O=[N+]([O-])c1cccnc1Nc1ccccc1. The van der Waals surface area contributed by atoms with E-state index < -0.39 is 9.85 Å². The Labute approximate surface area is 201 Å².